The second-order valence-corrected chi connectivity index (χ2v) is 9.66. The fourth-order valence-electron chi connectivity index (χ4n) is 4.32. The zero-order chi connectivity index (χ0) is 22.6. The first-order valence-electron chi connectivity index (χ1n) is 11.7. The lowest BCUT2D eigenvalue weighted by molar-refractivity contribution is 0.116. The Morgan fingerprint density at radius 3 is 2.64 bits per heavy atom. The van der Waals surface area contributed by atoms with Gasteiger partial charge in [-0.2, -0.15) is 4.98 Å². The smallest absolute Gasteiger partial charge is 0.225 e. The summed E-state index contributed by atoms with van der Waals surface area (Å²) in [6.45, 7) is 2.16. The van der Waals surface area contributed by atoms with E-state index in [1.165, 1.54) is 15.8 Å². The number of aliphatic hydroxyl groups excluding tert-OH is 1. The Morgan fingerprint density at radius 2 is 1.82 bits per heavy atom. The van der Waals surface area contributed by atoms with Crippen LogP contribution < -0.4 is 10.6 Å². The number of hydrogen-bond acceptors (Lipinski definition) is 7. The number of nitrogens with one attached hydrogen (secondary N) is 2. The normalized spacial score (nSPS) is 18.4. The minimum Gasteiger partial charge on any atom is -0.391 e. The maximum absolute atomic E-state index is 10.4. The molecule has 2 aromatic heterocycles. The van der Waals surface area contributed by atoms with E-state index in [4.69, 9.17) is 15.0 Å². The van der Waals surface area contributed by atoms with Crippen molar-refractivity contribution in [1.82, 2.24) is 15.0 Å². The summed E-state index contributed by atoms with van der Waals surface area (Å²) in [5.41, 5.74) is 4.41. The molecule has 0 aliphatic heterocycles. The van der Waals surface area contributed by atoms with E-state index in [-0.39, 0.29) is 12.1 Å². The summed E-state index contributed by atoms with van der Waals surface area (Å²) >= 11 is 1.63. The summed E-state index contributed by atoms with van der Waals surface area (Å²) in [7, 11) is 0. The highest BCUT2D eigenvalue weighted by molar-refractivity contribution is 7.22. The molecule has 0 amide bonds. The SMILES string of the molecule is CCc1ccc2nc(Nc3cc(Cc4ccccc4)nc(N[C@@H]4CCCC[C@H]4O)n3)sc2c1. The first-order chi connectivity index (χ1) is 16.2. The molecule has 2 heterocycles. The zero-order valence-corrected chi connectivity index (χ0v) is 19.6. The molecule has 6 nitrogen and oxygen atoms in total. The third-order valence-corrected chi connectivity index (χ3v) is 7.08. The molecule has 4 aromatic rings. The van der Waals surface area contributed by atoms with Crippen molar-refractivity contribution in [2.45, 2.75) is 57.6 Å². The van der Waals surface area contributed by atoms with Gasteiger partial charge in [-0.05, 0) is 42.5 Å². The third-order valence-electron chi connectivity index (χ3n) is 6.15. The van der Waals surface area contributed by atoms with E-state index < -0.39 is 0 Å². The van der Waals surface area contributed by atoms with Crippen molar-refractivity contribution in [2.75, 3.05) is 10.6 Å². The predicted octanol–water partition coefficient (Wildman–Crippen LogP) is 5.70. The molecule has 0 bridgehead atoms. The first-order valence-corrected chi connectivity index (χ1v) is 12.5. The molecule has 2 atom stereocenters. The molecule has 1 saturated carbocycles. The van der Waals surface area contributed by atoms with Gasteiger partial charge >= 0.3 is 0 Å². The van der Waals surface area contributed by atoms with Crippen LogP contribution in [-0.2, 0) is 12.8 Å². The molecule has 170 valence electrons. The van der Waals surface area contributed by atoms with E-state index in [2.05, 4.69) is 47.9 Å². The van der Waals surface area contributed by atoms with Gasteiger partial charge in [0.1, 0.15) is 5.82 Å². The van der Waals surface area contributed by atoms with E-state index in [0.717, 1.165) is 48.4 Å². The van der Waals surface area contributed by atoms with Gasteiger partial charge in [0.05, 0.1) is 28.1 Å². The fraction of sp³-hybridized carbons (Fsp3) is 0.346. The molecule has 0 spiro atoms. The summed E-state index contributed by atoms with van der Waals surface area (Å²) < 4.78 is 1.17. The number of nitrogens with zero attached hydrogens (tertiary/aromatic N) is 3. The number of benzene rings is 2. The first kappa shape index (κ1) is 21.8. The fourth-order valence-corrected chi connectivity index (χ4v) is 5.26. The summed E-state index contributed by atoms with van der Waals surface area (Å²) in [4.78, 5) is 14.2. The van der Waals surface area contributed by atoms with Crippen LogP contribution >= 0.6 is 11.3 Å². The topological polar surface area (TPSA) is 83.0 Å². The molecule has 0 radical (unpaired) electrons. The molecule has 7 heteroatoms. The van der Waals surface area contributed by atoms with Crippen molar-refractivity contribution in [2.24, 2.45) is 0 Å². The van der Waals surface area contributed by atoms with Crippen LogP contribution in [-0.4, -0.2) is 32.2 Å². The minimum absolute atomic E-state index is 0.0199. The van der Waals surface area contributed by atoms with Crippen LogP contribution in [0.1, 0.15) is 49.4 Å². The second kappa shape index (κ2) is 9.85. The Bertz CT molecular complexity index is 1230. The zero-order valence-electron chi connectivity index (χ0n) is 18.8. The van der Waals surface area contributed by atoms with Gasteiger partial charge in [0, 0.05) is 12.5 Å². The Labute approximate surface area is 198 Å². The quantitative estimate of drug-likeness (QED) is 0.329. The van der Waals surface area contributed by atoms with E-state index in [1.54, 1.807) is 11.3 Å². The third kappa shape index (κ3) is 5.31. The van der Waals surface area contributed by atoms with Crippen LogP contribution in [0.5, 0.6) is 0 Å². The largest absolute Gasteiger partial charge is 0.391 e. The number of fused-ring (bicyclic) bond motifs is 1. The van der Waals surface area contributed by atoms with Gasteiger partial charge in [0.2, 0.25) is 5.95 Å². The summed E-state index contributed by atoms with van der Waals surface area (Å²) in [6.07, 6.45) is 5.26. The molecule has 33 heavy (non-hydrogen) atoms. The standard InChI is InChI=1S/C26H29N5OS/c1-2-17-12-13-21-23(15-17)33-26(29-21)31-24-16-19(14-18-8-4-3-5-9-18)27-25(30-24)28-20-10-6-7-11-22(20)32/h3-5,8-9,12-13,15-16,20,22,32H,2,6-7,10-11,14H2,1H3,(H2,27,28,29,30,31)/t20-,22-/m1/s1. The molecule has 5 rings (SSSR count). The summed E-state index contributed by atoms with van der Waals surface area (Å²) in [5.74, 6) is 1.25. The molecule has 1 fully saturated rings. The van der Waals surface area contributed by atoms with E-state index >= 15 is 0 Å². The van der Waals surface area contributed by atoms with Crippen LogP contribution in [0.15, 0.2) is 54.6 Å². The Kier molecular flexibility index (Phi) is 6.51. The molecular formula is C26H29N5OS. The monoisotopic (exact) mass is 459 g/mol. The van der Waals surface area contributed by atoms with Crippen molar-refractivity contribution in [1.29, 1.82) is 0 Å². The van der Waals surface area contributed by atoms with Crippen molar-refractivity contribution < 1.29 is 5.11 Å². The van der Waals surface area contributed by atoms with Gasteiger partial charge in [-0.3, -0.25) is 0 Å². The maximum atomic E-state index is 10.4. The number of aliphatic hydroxyl groups is 1. The number of aryl methyl sites for hydroxylation is 1. The highest BCUT2D eigenvalue weighted by Crippen LogP contribution is 2.30. The highest BCUT2D eigenvalue weighted by Gasteiger charge is 2.24. The lowest BCUT2D eigenvalue weighted by atomic mass is 9.93. The average molecular weight is 460 g/mol. The molecule has 1 aliphatic rings. The van der Waals surface area contributed by atoms with Gasteiger partial charge in [0.25, 0.3) is 0 Å². The number of rotatable bonds is 7. The Morgan fingerprint density at radius 1 is 0.970 bits per heavy atom. The Hall–Kier alpha value is -3.03. The van der Waals surface area contributed by atoms with Gasteiger partial charge in [-0.25, -0.2) is 9.97 Å². The van der Waals surface area contributed by atoms with Crippen molar-refractivity contribution in [3.8, 4) is 0 Å². The number of hydrogen-bond donors (Lipinski definition) is 3. The van der Waals surface area contributed by atoms with Crippen LogP contribution in [0.25, 0.3) is 10.2 Å². The predicted molar refractivity (Wildman–Crippen MR) is 135 cm³/mol. The number of anilines is 3. The number of thiazole rings is 1. The second-order valence-electron chi connectivity index (χ2n) is 8.63. The maximum Gasteiger partial charge on any atom is 0.225 e. The van der Waals surface area contributed by atoms with Gasteiger partial charge in [-0.1, -0.05) is 67.5 Å². The van der Waals surface area contributed by atoms with Crippen LogP contribution in [0.2, 0.25) is 0 Å². The average Bonchev–Trinajstić information content (AvgIpc) is 3.22. The van der Waals surface area contributed by atoms with Gasteiger partial charge in [-0.15, -0.1) is 0 Å². The van der Waals surface area contributed by atoms with Gasteiger partial charge in [0.15, 0.2) is 5.13 Å². The minimum atomic E-state index is -0.367. The van der Waals surface area contributed by atoms with Crippen molar-refractivity contribution >= 4 is 38.5 Å². The van der Waals surface area contributed by atoms with Crippen LogP contribution in [0, 0.1) is 0 Å². The van der Waals surface area contributed by atoms with Crippen molar-refractivity contribution in [3.63, 3.8) is 0 Å². The number of aromatic nitrogens is 3. The summed E-state index contributed by atoms with van der Waals surface area (Å²) in [6, 6.07) is 18.7. The molecule has 0 unspecified atom stereocenters. The lowest BCUT2D eigenvalue weighted by Gasteiger charge is -2.28. The molecule has 3 N–H and O–H groups in total. The van der Waals surface area contributed by atoms with Gasteiger partial charge < -0.3 is 15.7 Å². The molecular weight excluding hydrogens is 430 g/mol. The molecule has 2 aromatic carbocycles. The van der Waals surface area contributed by atoms with Crippen molar-refractivity contribution in [3.05, 3.63) is 71.4 Å². The van der Waals surface area contributed by atoms with Crippen LogP contribution in [0.3, 0.4) is 0 Å². The molecule has 0 saturated heterocycles. The lowest BCUT2D eigenvalue weighted by Crippen LogP contribution is -2.37. The van der Waals surface area contributed by atoms with E-state index in [1.807, 2.05) is 24.3 Å². The summed E-state index contributed by atoms with van der Waals surface area (Å²) in [5, 5.41) is 18.0. The van der Waals surface area contributed by atoms with E-state index in [0.29, 0.717) is 18.2 Å². The Balaban J connectivity index is 1.43. The van der Waals surface area contributed by atoms with E-state index in [9.17, 15) is 5.11 Å². The van der Waals surface area contributed by atoms with Crippen LogP contribution in [0.4, 0.5) is 16.9 Å². The molecule has 1 aliphatic carbocycles. The highest BCUT2D eigenvalue weighted by atomic mass is 32.1.